The smallest absolute Gasteiger partial charge is 0.142 e. The van der Waals surface area contributed by atoms with Crippen LogP contribution in [0.2, 0.25) is 5.02 Å². The van der Waals surface area contributed by atoms with Crippen molar-refractivity contribution in [1.29, 1.82) is 0 Å². The van der Waals surface area contributed by atoms with Gasteiger partial charge >= 0.3 is 0 Å². The summed E-state index contributed by atoms with van der Waals surface area (Å²) in [5, 5.41) is 0.0443. The number of ether oxygens (including phenoxy) is 1. The zero-order valence-electron chi connectivity index (χ0n) is 9.29. The largest absolute Gasteiger partial charge is 0.489 e. The zero-order chi connectivity index (χ0) is 13.1. The van der Waals surface area contributed by atoms with E-state index in [1.807, 2.05) is 18.2 Å². The van der Waals surface area contributed by atoms with Crippen LogP contribution in [0.5, 0.6) is 5.75 Å². The molecule has 0 atom stereocenters. The minimum atomic E-state index is -0.461. The number of hydrogen-bond donors (Lipinski definition) is 1. The monoisotopic (exact) mass is 329 g/mol. The first-order valence-electron chi connectivity index (χ1n) is 5.18. The lowest BCUT2D eigenvalue weighted by atomic mass is 10.2. The van der Waals surface area contributed by atoms with Gasteiger partial charge in [0.2, 0.25) is 0 Å². The maximum Gasteiger partial charge on any atom is 0.142 e. The molecule has 0 aliphatic heterocycles. The number of rotatable bonds is 3. The Morgan fingerprint density at radius 2 is 2.00 bits per heavy atom. The van der Waals surface area contributed by atoms with E-state index >= 15 is 0 Å². The number of benzene rings is 2. The molecule has 0 saturated carbocycles. The van der Waals surface area contributed by atoms with Crippen molar-refractivity contribution in [2.24, 2.45) is 0 Å². The van der Waals surface area contributed by atoms with Gasteiger partial charge in [-0.15, -0.1) is 0 Å². The molecule has 18 heavy (non-hydrogen) atoms. The van der Waals surface area contributed by atoms with E-state index < -0.39 is 5.82 Å². The summed E-state index contributed by atoms with van der Waals surface area (Å²) in [5.74, 6) is 0.0554. The van der Waals surface area contributed by atoms with Crippen molar-refractivity contribution >= 4 is 33.2 Å². The summed E-state index contributed by atoms with van der Waals surface area (Å²) in [6.45, 7) is 0.347. The first kappa shape index (κ1) is 13.2. The van der Waals surface area contributed by atoms with Crippen molar-refractivity contribution in [3.63, 3.8) is 0 Å². The molecule has 2 rings (SSSR count). The lowest BCUT2D eigenvalue weighted by Crippen LogP contribution is -1.97. The van der Waals surface area contributed by atoms with Crippen LogP contribution in [0.25, 0.3) is 0 Å². The molecule has 0 aliphatic carbocycles. The van der Waals surface area contributed by atoms with E-state index in [9.17, 15) is 4.39 Å². The van der Waals surface area contributed by atoms with E-state index in [-0.39, 0.29) is 5.02 Å². The number of nitrogens with two attached hydrogens (primary N) is 1. The summed E-state index contributed by atoms with van der Waals surface area (Å²) in [5.41, 5.74) is 7.33. The summed E-state index contributed by atoms with van der Waals surface area (Å²) in [6, 6.07) is 9.81. The molecule has 0 amide bonds. The second-order valence-electron chi connectivity index (χ2n) is 3.72. The van der Waals surface area contributed by atoms with Crippen molar-refractivity contribution in [2.45, 2.75) is 6.61 Å². The molecule has 0 aromatic heterocycles. The Morgan fingerprint density at radius 1 is 1.22 bits per heavy atom. The molecule has 94 valence electrons. The minimum absolute atomic E-state index is 0.0443. The number of nitrogen functional groups attached to an aromatic ring is 1. The normalized spacial score (nSPS) is 10.4. The molecule has 2 nitrogen and oxygen atoms in total. The summed E-state index contributed by atoms with van der Waals surface area (Å²) in [7, 11) is 0. The fourth-order valence-corrected chi connectivity index (χ4v) is 1.83. The lowest BCUT2D eigenvalue weighted by molar-refractivity contribution is 0.306. The summed E-state index contributed by atoms with van der Waals surface area (Å²) in [4.78, 5) is 0. The van der Waals surface area contributed by atoms with E-state index in [1.54, 1.807) is 0 Å². The molecule has 0 bridgehead atoms. The van der Waals surface area contributed by atoms with Crippen LogP contribution in [0, 0.1) is 5.82 Å². The fourth-order valence-electron chi connectivity index (χ4n) is 1.42. The molecular formula is C13H10BrClFNO. The Morgan fingerprint density at radius 3 is 2.67 bits per heavy atom. The Kier molecular flexibility index (Phi) is 4.09. The molecule has 0 saturated heterocycles. The van der Waals surface area contributed by atoms with Crippen LogP contribution in [0.4, 0.5) is 10.1 Å². The molecule has 0 spiro atoms. The van der Waals surface area contributed by atoms with Gasteiger partial charge in [-0.25, -0.2) is 4.39 Å². The van der Waals surface area contributed by atoms with Crippen LogP contribution in [-0.4, -0.2) is 0 Å². The average Bonchev–Trinajstić information content (AvgIpc) is 2.35. The van der Waals surface area contributed by atoms with Gasteiger partial charge in [0.1, 0.15) is 18.2 Å². The van der Waals surface area contributed by atoms with E-state index in [1.165, 1.54) is 18.2 Å². The zero-order valence-corrected chi connectivity index (χ0v) is 11.6. The van der Waals surface area contributed by atoms with Gasteiger partial charge in [-0.3, -0.25) is 0 Å². The molecule has 2 N–H and O–H groups in total. The SMILES string of the molecule is Nc1cc(COc2ccc(F)c(Cl)c2)ccc1Br. The van der Waals surface area contributed by atoms with E-state index in [0.29, 0.717) is 18.0 Å². The quantitative estimate of drug-likeness (QED) is 0.846. The minimum Gasteiger partial charge on any atom is -0.489 e. The van der Waals surface area contributed by atoms with E-state index in [0.717, 1.165) is 10.0 Å². The second kappa shape index (κ2) is 5.59. The molecule has 0 aliphatic rings. The van der Waals surface area contributed by atoms with Crippen LogP contribution in [0.3, 0.4) is 0 Å². The number of halogens is 3. The highest BCUT2D eigenvalue weighted by atomic mass is 79.9. The van der Waals surface area contributed by atoms with Crippen molar-refractivity contribution in [3.8, 4) is 5.75 Å². The Hall–Kier alpha value is -1.26. The van der Waals surface area contributed by atoms with Gasteiger partial charge in [-0.1, -0.05) is 17.7 Å². The maximum absolute atomic E-state index is 13.0. The molecule has 2 aromatic rings. The maximum atomic E-state index is 13.0. The molecule has 2 aromatic carbocycles. The third-order valence-electron chi connectivity index (χ3n) is 2.36. The molecule has 0 radical (unpaired) electrons. The van der Waals surface area contributed by atoms with Gasteiger partial charge in [0.25, 0.3) is 0 Å². The number of anilines is 1. The highest BCUT2D eigenvalue weighted by Crippen LogP contribution is 2.23. The predicted octanol–water partition coefficient (Wildman–Crippen LogP) is 4.40. The second-order valence-corrected chi connectivity index (χ2v) is 4.98. The fraction of sp³-hybridized carbons (Fsp3) is 0.0769. The van der Waals surface area contributed by atoms with Gasteiger partial charge in [0, 0.05) is 16.2 Å². The Labute approximate surface area is 118 Å². The van der Waals surface area contributed by atoms with Crippen LogP contribution in [0.15, 0.2) is 40.9 Å². The van der Waals surface area contributed by atoms with Crippen LogP contribution in [0.1, 0.15) is 5.56 Å². The molecule has 0 heterocycles. The molecule has 0 unspecified atom stereocenters. The van der Waals surface area contributed by atoms with Crippen molar-refractivity contribution < 1.29 is 9.13 Å². The third kappa shape index (κ3) is 3.15. The van der Waals surface area contributed by atoms with Crippen LogP contribution >= 0.6 is 27.5 Å². The first-order chi connectivity index (χ1) is 8.56. The van der Waals surface area contributed by atoms with Gasteiger partial charge in [0.05, 0.1) is 5.02 Å². The first-order valence-corrected chi connectivity index (χ1v) is 6.35. The van der Waals surface area contributed by atoms with Gasteiger partial charge < -0.3 is 10.5 Å². The third-order valence-corrected chi connectivity index (χ3v) is 3.37. The summed E-state index contributed by atoms with van der Waals surface area (Å²) >= 11 is 8.98. The summed E-state index contributed by atoms with van der Waals surface area (Å²) < 4.78 is 19.3. The van der Waals surface area contributed by atoms with Crippen LogP contribution in [-0.2, 0) is 6.61 Å². The molecule has 5 heteroatoms. The lowest BCUT2D eigenvalue weighted by Gasteiger charge is -2.08. The molecule has 0 fully saturated rings. The average molecular weight is 331 g/mol. The van der Waals surface area contributed by atoms with Gasteiger partial charge in [-0.05, 0) is 45.8 Å². The highest BCUT2D eigenvalue weighted by Gasteiger charge is 2.03. The van der Waals surface area contributed by atoms with E-state index in [2.05, 4.69) is 15.9 Å². The highest BCUT2D eigenvalue weighted by molar-refractivity contribution is 9.10. The number of hydrogen-bond acceptors (Lipinski definition) is 2. The Balaban J connectivity index is 2.06. The van der Waals surface area contributed by atoms with Gasteiger partial charge in [-0.2, -0.15) is 0 Å². The van der Waals surface area contributed by atoms with Crippen molar-refractivity contribution in [3.05, 3.63) is 57.3 Å². The van der Waals surface area contributed by atoms with Crippen molar-refractivity contribution in [2.75, 3.05) is 5.73 Å². The van der Waals surface area contributed by atoms with E-state index in [4.69, 9.17) is 22.1 Å². The van der Waals surface area contributed by atoms with Crippen molar-refractivity contribution in [1.82, 2.24) is 0 Å². The Bertz CT molecular complexity index is 525. The van der Waals surface area contributed by atoms with Gasteiger partial charge in [0.15, 0.2) is 0 Å². The van der Waals surface area contributed by atoms with Crippen LogP contribution < -0.4 is 10.5 Å². The predicted molar refractivity (Wildman–Crippen MR) is 74.3 cm³/mol. The summed E-state index contributed by atoms with van der Waals surface area (Å²) in [6.07, 6.45) is 0. The standard InChI is InChI=1S/C13H10BrClFNO/c14-10-3-1-8(5-13(10)17)7-18-9-2-4-12(16)11(15)6-9/h1-6H,7,17H2. The molecular weight excluding hydrogens is 321 g/mol. The topological polar surface area (TPSA) is 35.2 Å².